The molecule has 0 radical (unpaired) electrons. The van der Waals surface area contributed by atoms with E-state index in [0.29, 0.717) is 0 Å². The Hall–Kier alpha value is -1.01. The highest BCUT2D eigenvalue weighted by molar-refractivity contribution is 7.13. The van der Waals surface area contributed by atoms with Crippen molar-refractivity contribution >= 4 is 16.5 Å². The van der Waals surface area contributed by atoms with Crippen LogP contribution < -0.4 is 5.32 Å². The van der Waals surface area contributed by atoms with Crippen LogP contribution in [0.25, 0.3) is 0 Å². The quantitative estimate of drug-likeness (QED) is 0.679. The molecule has 0 atom stereocenters. The summed E-state index contributed by atoms with van der Waals surface area (Å²) in [4.78, 5) is 4.06. The highest BCUT2D eigenvalue weighted by Gasteiger charge is 2.13. The maximum Gasteiger partial charge on any atom is 0.183 e. The Morgan fingerprint density at radius 3 is 2.91 bits per heavy atom. The Kier molecular flexibility index (Phi) is 2.16. The molecule has 1 heterocycles. The van der Waals surface area contributed by atoms with Crippen molar-refractivity contribution in [2.75, 3.05) is 5.32 Å². The van der Waals surface area contributed by atoms with E-state index in [2.05, 4.69) is 16.2 Å². The lowest BCUT2D eigenvalue weighted by atomic mass is 10.1. The molecule has 3 heteroatoms. The van der Waals surface area contributed by atoms with Crippen LogP contribution in [0.1, 0.15) is 13.8 Å². The summed E-state index contributed by atoms with van der Waals surface area (Å²) < 4.78 is 0. The third-order valence-corrected chi connectivity index (χ3v) is 1.90. The predicted octanol–water partition coefficient (Wildman–Crippen LogP) is 1.97. The van der Waals surface area contributed by atoms with E-state index < -0.39 is 0 Å². The van der Waals surface area contributed by atoms with Gasteiger partial charge in [-0.25, -0.2) is 4.98 Å². The number of rotatable bonds is 2. The lowest BCUT2D eigenvalue weighted by Crippen LogP contribution is -2.28. The minimum Gasteiger partial charge on any atom is -0.346 e. The van der Waals surface area contributed by atoms with E-state index in [1.165, 1.54) is 0 Å². The van der Waals surface area contributed by atoms with E-state index in [0.717, 1.165) is 5.13 Å². The topological polar surface area (TPSA) is 24.9 Å². The molecule has 1 rings (SSSR count). The first kappa shape index (κ1) is 8.09. The fourth-order valence-corrected chi connectivity index (χ4v) is 1.27. The average molecular weight is 166 g/mol. The molecule has 1 aromatic rings. The number of aromatic nitrogens is 1. The summed E-state index contributed by atoms with van der Waals surface area (Å²) in [7, 11) is 0. The number of hydrogen-bond donors (Lipinski definition) is 1. The molecule has 0 amide bonds. The number of hydrogen-bond acceptors (Lipinski definition) is 3. The van der Waals surface area contributed by atoms with Gasteiger partial charge in [-0.2, -0.15) is 0 Å². The third kappa shape index (κ3) is 2.24. The molecule has 0 spiro atoms. The number of thiazole rings is 1. The van der Waals surface area contributed by atoms with E-state index in [4.69, 9.17) is 6.42 Å². The summed E-state index contributed by atoms with van der Waals surface area (Å²) in [5.74, 6) is 2.64. The van der Waals surface area contributed by atoms with Crippen molar-refractivity contribution in [2.45, 2.75) is 19.4 Å². The minimum atomic E-state index is -0.308. The summed E-state index contributed by atoms with van der Waals surface area (Å²) in [5.41, 5.74) is -0.308. The van der Waals surface area contributed by atoms with Gasteiger partial charge in [0.2, 0.25) is 0 Å². The van der Waals surface area contributed by atoms with Gasteiger partial charge in [0, 0.05) is 11.6 Å². The third-order valence-electron chi connectivity index (χ3n) is 1.21. The van der Waals surface area contributed by atoms with Gasteiger partial charge in [0.1, 0.15) is 0 Å². The molecule has 1 N–H and O–H groups in total. The molecule has 0 saturated carbocycles. The number of nitrogens with zero attached hydrogens (tertiary/aromatic N) is 1. The molecule has 11 heavy (non-hydrogen) atoms. The monoisotopic (exact) mass is 166 g/mol. The van der Waals surface area contributed by atoms with Crippen molar-refractivity contribution in [2.24, 2.45) is 0 Å². The Morgan fingerprint density at radius 2 is 2.45 bits per heavy atom. The highest BCUT2D eigenvalue weighted by atomic mass is 32.1. The lowest BCUT2D eigenvalue weighted by molar-refractivity contribution is 0.740. The smallest absolute Gasteiger partial charge is 0.183 e. The molecule has 0 unspecified atom stereocenters. The molecular weight excluding hydrogens is 156 g/mol. The normalized spacial score (nSPS) is 10.6. The summed E-state index contributed by atoms with van der Waals surface area (Å²) in [5, 5.41) is 5.90. The first-order valence-electron chi connectivity index (χ1n) is 3.29. The highest BCUT2D eigenvalue weighted by Crippen LogP contribution is 2.16. The van der Waals surface area contributed by atoms with Gasteiger partial charge >= 0.3 is 0 Å². The number of terminal acetylenes is 1. The van der Waals surface area contributed by atoms with Crippen molar-refractivity contribution in [1.82, 2.24) is 4.98 Å². The van der Waals surface area contributed by atoms with Crippen LogP contribution in [0.3, 0.4) is 0 Å². The molecule has 0 aliphatic carbocycles. The van der Waals surface area contributed by atoms with Crippen molar-refractivity contribution < 1.29 is 0 Å². The molecule has 0 aromatic carbocycles. The standard InChI is InChI=1S/C8H10N2S/c1-4-8(2,3)10-7-9-5-6-11-7/h1,5-6H,2-3H3,(H,9,10). The van der Waals surface area contributed by atoms with Gasteiger partial charge in [-0.1, -0.05) is 5.92 Å². The van der Waals surface area contributed by atoms with Crippen molar-refractivity contribution in [3.63, 3.8) is 0 Å². The Labute approximate surface area is 70.7 Å². The molecule has 0 fully saturated rings. The zero-order valence-corrected chi connectivity index (χ0v) is 7.40. The van der Waals surface area contributed by atoms with Gasteiger partial charge in [0.25, 0.3) is 0 Å². The fraction of sp³-hybridized carbons (Fsp3) is 0.375. The zero-order chi connectivity index (χ0) is 8.32. The fourth-order valence-electron chi connectivity index (χ4n) is 0.589. The zero-order valence-electron chi connectivity index (χ0n) is 6.59. The van der Waals surface area contributed by atoms with Gasteiger partial charge < -0.3 is 5.32 Å². The van der Waals surface area contributed by atoms with E-state index in [1.54, 1.807) is 17.5 Å². The van der Waals surface area contributed by atoms with Crippen molar-refractivity contribution in [3.05, 3.63) is 11.6 Å². The van der Waals surface area contributed by atoms with Gasteiger partial charge in [0.05, 0.1) is 5.54 Å². The minimum absolute atomic E-state index is 0.308. The Bertz CT molecular complexity index is 256. The van der Waals surface area contributed by atoms with Crippen LogP contribution >= 0.6 is 11.3 Å². The van der Waals surface area contributed by atoms with Crippen LogP contribution in [-0.2, 0) is 0 Å². The van der Waals surface area contributed by atoms with Crippen LogP contribution in [0.2, 0.25) is 0 Å². The van der Waals surface area contributed by atoms with Crippen molar-refractivity contribution in [1.29, 1.82) is 0 Å². The van der Waals surface area contributed by atoms with E-state index in [-0.39, 0.29) is 5.54 Å². The van der Waals surface area contributed by atoms with Gasteiger partial charge in [0.15, 0.2) is 5.13 Å². The van der Waals surface area contributed by atoms with Gasteiger partial charge in [-0.3, -0.25) is 0 Å². The molecular formula is C8H10N2S. The second-order valence-electron chi connectivity index (χ2n) is 2.73. The van der Waals surface area contributed by atoms with E-state index >= 15 is 0 Å². The first-order chi connectivity index (χ1) is 5.14. The lowest BCUT2D eigenvalue weighted by Gasteiger charge is -2.18. The summed E-state index contributed by atoms with van der Waals surface area (Å²) in [6.45, 7) is 3.88. The van der Waals surface area contributed by atoms with Crippen molar-refractivity contribution in [3.8, 4) is 12.3 Å². The van der Waals surface area contributed by atoms with Crippen LogP contribution in [0.4, 0.5) is 5.13 Å². The molecule has 1 aromatic heterocycles. The molecule has 0 aliphatic rings. The van der Waals surface area contributed by atoms with Gasteiger partial charge in [-0.15, -0.1) is 17.8 Å². The average Bonchev–Trinajstić information content (AvgIpc) is 2.39. The second-order valence-corrected chi connectivity index (χ2v) is 3.63. The summed E-state index contributed by atoms with van der Waals surface area (Å²) >= 11 is 1.55. The van der Waals surface area contributed by atoms with Gasteiger partial charge in [-0.05, 0) is 13.8 Å². The molecule has 0 saturated heterocycles. The Morgan fingerprint density at radius 1 is 1.73 bits per heavy atom. The maximum atomic E-state index is 5.29. The SMILES string of the molecule is C#CC(C)(C)Nc1nccs1. The van der Waals surface area contributed by atoms with Crippen LogP contribution in [0.5, 0.6) is 0 Å². The molecule has 0 bridgehead atoms. The summed E-state index contributed by atoms with van der Waals surface area (Å²) in [6, 6.07) is 0. The van der Waals surface area contributed by atoms with E-state index in [9.17, 15) is 0 Å². The molecule has 58 valence electrons. The number of anilines is 1. The van der Waals surface area contributed by atoms with Crippen LogP contribution in [-0.4, -0.2) is 10.5 Å². The second kappa shape index (κ2) is 2.93. The maximum absolute atomic E-state index is 5.29. The Balaban J connectivity index is 2.65. The first-order valence-corrected chi connectivity index (χ1v) is 4.17. The largest absolute Gasteiger partial charge is 0.346 e. The molecule has 2 nitrogen and oxygen atoms in total. The van der Waals surface area contributed by atoms with Crippen LogP contribution in [0.15, 0.2) is 11.6 Å². The van der Waals surface area contributed by atoms with Crippen LogP contribution in [0, 0.1) is 12.3 Å². The predicted molar refractivity (Wildman–Crippen MR) is 48.6 cm³/mol. The molecule has 0 aliphatic heterocycles. The van der Waals surface area contributed by atoms with E-state index in [1.807, 2.05) is 19.2 Å². The summed E-state index contributed by atoms with van der Waals surface area (Å²) in [6.07, 6.45) is 7.04. The number of nitrogens with one attached hydrogen (secondary N) is 1.